The molecule has 5 aromatic carbocycles. The molecule has 3 fully saturated rings. The van der Waals surface area contributed by atoms with E-state index in [0.29, 0.717) is 12.2 Å². The Morgan fingerprint density at radius 1 is 0.617 bits per heavy atom. The van der Waals surface area contributed by atoms with Crippen LogP contribution in [0.2, 0.25) is 0 Å². The van der Waals surface area contributed by atoms with Crippen LogP contribution in [-0.2, 0) is 67.2 Å². The van der Waals surface area contributed by atoms with Crippen LogP contribution in [0.4, 0.5) is 0 Å². The van der Waals surface area contributed by atoms with Gasteiger partial charge in [0.1, 0.15) is 42.7 Å². The fourth-order valence-electron chi connectivity index (χ4n) is 7.65. The Kier molecular flexibility index (Phi) is 14.4. The Balaban J connectivity index is 1.16. The van der Waals surface area contributed by atoms with Crippen molar-refractivity contribution < 1.29 is 57.3 Å². The highest BCUT2D eigenvalue weighted by Gasteiger charge is 2.56. The van der Waals surface area contributed by atoms with E-state index in [2.05, 4.69) is 0 Å². The molecular weight excluding hydrogens is 769 g/mol. The number of carbonyl (C=O) groups is 1. The van der Waals surface area contributed by atoms with Gasteiger partial charge in [-0.2, -0.15) is 0 Å². The van der Waals surface area contributed by atoms with Crippen molar-refractivity contribution in [2.45, 2.75) is 87.5 Å². The molecule has 12 heteroatoms. The molecule has 314 valence electrons. The number of methoxy groups -OCH3 is 1. The first-order chi connectivity index (χ1) is 29.5. The number of benzene rings is 5. The molecule has 0 aliphatic carbocycles. The number of ether oxygens (including phenoxy) is 10. The molecule has 60 heavy (non-hydrogen) atoms. The van der Waals surface area contributed by atoms with Crippen LogP contribution < -0.4 is 0 Å². The standard InChI is InChI=1S/C48H50O12/c1-51-47-39(49)42(41-38(56-47)31-55-46(59-41)36-25-15-6-16-26-36)60-48-44(58-45(50)35-23-13-5-14-24-35)43(54-29-34-21-11-4-12-22-34)40(53-28-33-19-9-3-10-20-33)37(57-48)30-52-27-32-17-7-2-8-18-32/h2-26,37-44,46-49H,27-31H2,1H3/t37-,38-,39-,40-,41-,42-,43+,44-,46?,47+,48-/m1/s1. The third-order valence-corrected chi connectivity index (χ3v) is 10.7. The quantitative estimate of drug-likeness (QED) is 0.108. The van der Waals surface area contributed by atoms with Crippen molar-refractivity contribution in [3.05, 3.63) is 179 Å². The minimum absolute atomic E-state index is 0.0578. The zero-order chi connectivity index (χ0) is 41.1. The van der Waals surface area contributed by atoms with Gasteiger partial charge in [0.15, 0.2) is 25.0 Å². The highest BCUT2D eigenvalue weighted by Crippen LogP contribution is 2.39. The second-order valence-corrected chi connectivity index (χ2v) is 14.8. The molecule has 3 saturated heterocycles. The number of hydrogen-bond donors (Lipinski definition) is 1. The number of hydrogen-bond acceptors (Lipinski definition) is 12. The molecule has 11 atom stereocenters. The third-order valence-electron chi connectivity index (χ3n) is 10.7. The largest absolute Gasteiger partial charge is 0.450 e. The van der Waals surface area contributed by atoms with Gasteiger partial charge in [0.2, 0.25) is 0 Å². The fraction of sp³-hybridized carbons (Fsp3) is 0.354. The molecule has 1 N–H and O–H groups in total. The van der Waals surface area contributed by atoms with Gasteiger partial charge >= 0.3 is 5.97 Å². The lowest BCUT2D eigenvalue weighted by molar-refractivity contribution is -0.393. The molecule has 8 rings (SSSR count). The molecule has 12 nitrogen and oxygen atoms in total. The molecule has 3 heterocycles. The summed E-state index contributed by atoms with van der Waals surface area (Å²) < 4.78 is 64.4. The van der Waals surface area contributed by atoms with E-state index in [1.807, 2.05) is 127 Å². The monoisotopic (exact) mass is 818 g/mol. The zero-order valence-electron chi connectivity index (χ0n) is 33.3. The Labute approximate surface area is 349 Å². The van der Waals surface area contributed by atoms with E-state index in [-0.39, 0.29) is 26.4 Å². The molecule has 0 saturated carbocycles. The Bertz CT molecular complexity index is 2030. The first-order valence-corrected chi connectivity index (χ1v) is 20.2. The topological polar surface area (TPSA) is 130 Å². The van der Waals surface area contributed by atoms with Crippen LogP contribution >= 0.6 is 0 Å². The van der Waals surface area contributed by atoms with E-state index in [1.165, 1.54) is 7.11 Å². The minimum Gasteiger partial charge on any atom is -0.450 e. The van der Waals surface area contributed by atoms with Crippen LogP contribution in [0, 0.1) is 0 Å². The van der Waals surface area contributed by atoms with Crippen LogP contribution in [0.3, 0.4) is 0 Å². The summed E-state index contributed by atoms with van der Waals surface area (Å²) in [7, 11) is 1.44. The summed E-state index contributed by atoms with van der Waals surface area (Å²) in [5.41, 5.74) is 3.89. The van der Waals surface area contributed by atoms with Gasteiger partial charge < -0.3 is 52.5 Å². The average Bonchev–Trinajstić information content (AvgIpc) is 3.30. The lowest BCUT2D eigenvalue weighted by atomic mass is 9.95. The van der Waals surface area contributed by atoms with Gasteiger partial charge in [0, 0.05) is 12.7 Å². The van der Waals surface area contributed by atoms with Gasteiger partial charge in [0.05, 0.1) is 38.6 Å². The van der Waals surface area contributed by atoms with Crippen LogP contribution in [-0.4, -0.2) is 92.8 Å². The molecule has 3 aliphatic rings. The average molecular weight is 819 g/mol. The van der Waals surface area contributed by atoms with Crippen molar-refractivity contribution in [3.8, 4) is 0 Å². The van der Waals surface area contributed by atoms with Gasteiger partial charge in [-0.3, -0.25) is 0 Å². The highest BCUT2D eigenvalue weighted by atomic mass is 16.8. The predicted octanol–water partition coefficient (Wildman–Crippen LogP) is 6.56. The second kappa shape index (κ2) is 20.6. The first-order valence-electron chi connectivity index (χ1n) is 20.2. The summed E-state index contributed by atoms with van der Waals surface area (Å²) in [6.45, 7) is 0.833. The summed E-state index contributed by atoms with van der Waals surface area (Å²) >= 11 is 0. The van der Waals surface area contributed by atoms with Crippen molar-refractivity contribution in [3.63, 3.8) is 0 Å². The van der Waals surface area contributed by atoms with E-state index >= 15 is 0 Å². The molecule has 0 radical (unpaired) electrons. The number of aliphatic hydroxyl groups is 1. The smallest absolute Gasteiger partial charge is 0.338 e. The SMILES string of the molecule is CO[C@H]1O[C@@H]2COC(c3ccccc3)O[C@H]2[C@H](O[C@H]2O[C@H](COCc3ccccc3)[C@@H](OCc3ccccc3)[C@H](OCc3ccccc3)[C@H]2OC(=O)c2ccccc2)[C@H]1O. The minimum atomic E-state index is -1.36. The molecule has 0 aromatic heterocycles. The first kappa shape index (κ1) is 41.9. The molecule has 0 bridgehead atoms. The van der Waals surface area contributed by atoms with Crippen LogP contribution in [0.5, 0.6) is 0 Å². The fourth-order valence-corrected chi connectivity index (χ4v) is 7.65. The van der Waals surface area contributed by atoms with Gasteiger partial charge in [0.25, 0.3) is 0 Å². The summed E-state index contributed by atoms with van der Waals surface area (Å²) in [6.07, 6.45) is -11.1. The molecule has 0 spiro atoms. The van der Waals surface area contributed by atoms with E-state index in [1.54, 1.807) is 24.3 Å². The molecule has 0 amide bonds. The van der Waals surface area contributed by atoms with Crippen molar-refractivity contribution in [2.75, 3.05) is 20.3 Å². The summed E-state index contributed by atoms with van der Waals surface area (Å²) in [4.78, 5) is 14.1. The number of carbonyl (C=O) groups excluding carboxylic acids is 1. The van der Waals surface area contributed by atoms with E-state index < -0.39 is 73.7 Å². The maximum Gasteiger partial charge on any atom is 0.338 e. The summed E-state index contributed by atoms with van der Waals surface area (Å²) in [5.74, 6) is -0.627. The number of aliphatic hydroxyl groups excluding tert-OH is 1. The van der Waals surface area contributed by atoms with Gasteiger partial charge in [-0.1, -0.05) is 140 Å². The summed E-state index contributed by atoms with van der Waals surface area (Å²) in [5, 5.41) is 11.9. The molecule has 5 aromatic rings. The van der Waals surface area contributed by atoms with Gasteiger partial charge in [-0.15, -0.1) is 0 Å². The van der Waals surface area contributed by atoms with Crippen molar-refractivity contribution in [1.29, 1.82) is 0 Å². The van der Waals surface area contributed by atoms with Gasteiger partial charge in [-0.25, -0.2) is 4.79 Å². The number of fused-ring (bicyclic) bond motifs is 1. The summed E-state index contributed by atoms with van der Waals surface area (Å²) in [6, 6.07) is 47.4. The second-order valence-electron chi connectivity index (χ2n) is 14.8. The van der Waals surface area contributed by atoms with Crippen LogP contribution in [0.15, 0.2) is 152 Å². The predicted molar refractivity (Wildman–Crippen MR) is 217 cm³/mol. The normalized spacial score (nSPS) is 29.0. The zero-order valence-corrected chi connectivity index (χ0v) is 33.3. The van der Waals surface area contributed by atoms with E-state index in [0.717, 1.165) is 22.3 Å². The Morgan fingerprint density at radius 2 is 1.17 bits per heavy atom. The molecule has 1 unspecified atom stereocenters. The van der Waals surface area contributed by atoms with E-state index in [4.69, 9.17) is 47.4 Å². The van der Waals surface area contributed by atoms with Crippen molar-refractivity contribution in [1.82, 2.24) is 0 Å². The number of esters is 1. The Morgan fingerprint density at radius 3 is 1.77 bits per heavy atom. The third kappa shape index (κ3) is 10.4. The van der Waals surface area contributed by atoms with Crippen molar-refractivity contribution in [2.24, 2.45) is 0 Å². The van der Waals surface area contributed by atoms with E-state index in [9.17, 15) is 9.90 Å². The molecule has 3 aliphatic heterocycles. The van der Waals surface area contributed by atoms with Crippen LogP contribution in [0.1, 0.15) is 38.9 Å². The van der Waals surface area contributed by atoms with Crippen molar-refractivity contribution >= 4 is 5.97 Å². The number of rotatable bonds is 16. The molecular formula is C48H50O12. The Hall–Kier alpha value is -4.83. The highest BCUT2D eigenvalue weighted by molar-refractivity contribution is 5.89. The van der Waals surface area contributed by atoms with Crippen LogP contribution in [0.25, 0.3) is 0 Å². The maximum atomic E-state index is 14.1. The maximum absolute atomic E-state index is 14.1. The lowest BCUT2D eigenvalue weighted by Crippen LogP contribution is -2.67. The van der Waals surface area contributed by atoms with Gasteiger partial charge in [-0.05, 0) is 28.8 Å². The lowest BCUT2D eigenvalue weighted by Gasteiger charge is -2.50.